The van der Waals surface area contributed by atoms with Gasteiger partial charge in [-0.15, -0.1) is 0 Å². The molecule has 0 aliphatic carbocycles. The quantitative estimate of drug-likeness (QED) is 0.837. The second-order valence-corrected chi connectivity index (χ2v) is 7.52. The summed E-state index contributed by atoms with van der Waals surface area (Å²) in [7, 11) is -1.01. The van der Waals surface area contributed by atoms with E-state index in [0.29, 0.717) is 18.5 Å². The molecule has 0 bridgehead atoms. The Labute approximate surface area is 125 Å². The van der Waals surface area contributed by atoms with Crippen LogP contribution >= 0.6 is 0 Å². The van der Waals surface area contributed by atoms with E-state index in [0.717, 1.165) is 5.56 Å². The van der Waals surface area contributed by atoms with E-state index in [9.17, 15) is 12.8 Å². The van der Waals surface area contributed by atoms with Gasteiger partial charge in [-0.1, -0.05) is 17.9 Å². The van der Waals surface area contributed by atoms with Gasteiger partial charge in [0.25, 0.3) is 0 Å². The average Bonchev–Trinajstić information content (AvgIpc) is 2.80. The molecule has 1 fully saturated rings. The van der Waals surface area contributed by atoms with Crippen LogP contribution in [0.1, 0.15) is 17.5 Å². The van der Waals surface area contributed by atoms with Crippen molar-refractivity contribution in [2.75, 3.05) is 25.1 Å². The molecular formula is C15H19FN2O2S. The molecule has 1 saturated heterocycles. The third-order valence-corrected chi connectivity index (χ3v) is 5.37. The van der Waals surface area contributed by atoms with Crippen molar-refractivity contribution in [3.05, 3.63) is 35.1 Å². The Hall–Kier alpha value is -1.42. The standard InChI is InChI=1S/C15H19FN2O2S/c1-18(14-6-8-21(19,20)11-14)10-12-4-5-15(16)13(9-12)3-2-7-17/h4-5,9,14H,6-8,10-11,17H2,1H3. The summed E-state index contributed by atoms with van der Waals surface area (Å²) in [5.74, 6) is 5.42. The Balaban J connectivity index is 2.09. The summed E-state index contributed by atoms with van der Waals surface area (Å²) in [5, 5.41) is 0. The third-order valence-electron chi connectivity index (χ3n) is 3.62. The van der Waals surface area contributed by atoms with Crippen LogP contribution in [-0.4, -0.2) is 44.5 Å². The molecular weight excluding hydrogens is 291 g/mol. The first-order valence-corrected chi connectivity index (χ1v) is 8.61. The fourth-order valence-corrected chi connectivity index (χ4v) is 4.26. The number of benzene rings is 1. The Bertz CT molecular complexity index is 677. The predicted molar refractivity (Wildman–Crippen MR) is 80.9 cm³/mol. The monoisotopic (exact) mass is 310 g/mol. The van der Waals surface area contributed by atoms with Crippen molar-refractivity contribution in [1.82, 2.24) is 4.90 Å². The predicted octanol–water partition coefficient (Wildman–Crippen LogP) is 0.755. The molecule has 1 aliphatic heterocycles. The third kappa shape index (κ3) is 4.27. The summed E-state index contributed by atoms with van der Waals surface area (Å²) >= 11 is 0. The van der Waals surface area contributed by atoms with Gasteiger partial charge in [-0.2, -0.15) is 0 Å². The summed E-state index contributed by atoms with van der Waals surface area (Å²) in [5.41, 5.74) is 6.52. The van der Waals surface area contributed by atoms with Gasteiger partial charge in [0.2, 0.25) is 0 Å². The molecule has 2 N–H and O–H groups in total. The average molecular weight is 310 g/mol. The number of hydrogen-bond donors (Lipinski definition) is 1. The zero-order chi connectivity index (χ0) is 15.5. The lowest BCUT2D eigenvalue weighted by molar-refractivity contribution is 0.254. The topological polar surface area (TPSA) is 63.4 Å². The van der Waals surface area contributed by atoms with Crippen molar-refractivity contribution >= 4 is 9.84 Å². The summed E-state index contributed by atoms with van der Waals surface area (Å²) in [6.45, 7) is 0.751. The van der Waals surface area contributed by atoms with Gasteiger partial charge in [0, 0.05) is 12.6 Å². The van der Waals surface area contributed by atoms with E-state index < -0.39 is 9.84 Å². The SMILES string of the molecule is CN(Cc1ccc(F)c(C#CCN)c1)C1CCS(=O)(=O)C1. The Morgan fingerprint density at radius 1 is 1.48 bits per heavy atom. The largest absolute Gasteiger partial charge is 0.320 e. The maximum Gasteiger partial charge on any atom is 0.151 e. The Morgan fingerprint density at radius 3 is 2.86 bits per heavy atom. The van der Waals surface area contributed by atoms with Crippen molar-refractivity contribution in [1.29, 1.82) is 0 Å². The highest BCUT2D eigenvalue weighted by atomic mass is 32.2. The summed E-state index contributed by atoms with van der Waals surface area (Å²) in [4.78, 5) is 2.00. The number of hydrogen-bond acceptors (Lipinski definition) is 4. The van der Waals surface area contributed by atoms with E-state index in [1.165, 1.54) is 6.07 Å². The van der Waals surface area contributed by atoms with Crippen LogP contribution in [0.2, 0.25) is 0 Å². The van der Waals surface area contributed by atoms with Gasteiger partial charge in [-0.05, 0) is 31.2 Å². The fraction of sp³-hybridized carbons (Fsp3) is 0.467. The molecule has 114 valence electrons. The molecule has 1 aromatic carbocycles. The lowest BCUT2D eigenvalue weighted by Gasteiger charge is -2.23. The maximum absolute atomic E-state index is 13.6. The molecule has 0 amide bonds. The summed E-state index contributed by atoms with van der Waals surface area (Å²) in [6.07, 6.45) is 0.653. The van der Waals surface area contributed by atoms with Crippen LogP contribution in [0, 0.1) is 17.7 Å². The molecule has 1 aromatic rings. The molecule has 1 heterocycles. The highest BCUT2D eigenvalue weighted by Crippen LogP contribution is 2.19. The molecule has 2 rings (SSSR count). The van der Waals surface area contributed by atoms with E-state index in [2.05, 4.69) is 11.8 Å². The van der Waals surface area contributed by atoms with Crippen molar-refractivity contribution in [2.45, 2.75) is 19.0 Å². The maximum atomic E-state index is 13.6. The number of rotatable bonds is 3. The van der Waals surface area contributed by atoms with Crippen LogP contribution in [0.25, 0.3) is 0 Å². The summed E-state index contributed by atoms with van der Waals surface area (Å²) in [6, 6.07) is 4.80. The van der Waals surface area contributed by atoms with Crippen LogP contribution in [0.5, 0.6) is 0 Å². The van der Waals surface area contributed by atoms with Crippen molar-refractivity contribution in [3.63, 3.8) is 0 Å². The lowest BCUT2D eigenvalue weighted by Crippen LogP contribution is -2.32. The number of sulfone groups is 1. The molecule has 0 spiro atoms. The van der Waals surface area contributed by atoms with Crippen LogP contribution < -0.4 is 5.73 Å². The molecule has 4 nitrogen and oxygen atoms in total. The molecule has 0 radical (unpaired) electrons. The fourth-order valence-electron chi connectivity index (χ4n) is 2.45. The minimum atomic E-state index is -2.90. The van der Waals surface area contributed by atoms with Crippen molar-refractivity contribution in [3.8, 4) is 11.8 Å². The van der Waals surface area contributed by atoms with E-state index in [4.69, 9.17) is 5.73 Å². The normalized spacial score (nSPS) is 20.3. The van der Waals surface area contributed by atoms with E-state index in [1.54, 1.807) is 12.1 Å². The molecule has 1 aliphatic rings. The van der Waals surface area contributed by atoms with Gasteiger partial charge in [-0.3, -0.25) is 4.90 Å². The number of halogens is 1. The highest BCUT2D eigenvalue weighted by Gasteiger charge is 2.30. The van der Waals surface area contributed by atoms with Gasteiger partial charge in [0.15, 0.2) is 9.84 Å². The Kier molecular flexibility index (Phi) is 4.99. The molecule has 0 aromatic heterocycles. The van der Waals surface area contributed by atoms with Crippen molar-refractivity contribution in [2.24, 2.45) is 5.73 Å². The first-order chi connectivity index (χ1) is 9.91. The second kappa shape index (κ2) is 6.56. The minimum Gasteiger partial charge on any atom is -0.320 e. The molecule has 0 saturated carbocycles. The Morgan fingerprint density at radius 2 is 2.24 bits per heavy atom. The van der Waals surface area contributed by atoms with Gasteiger partial charge in [0.05, 0.1) is 23.6 Å². The van der Waals surface area contributed by atoms with E-state index in [-0.39, 0.29) is 29.9 Å². The number of nitrogens with zero attached hydrogens (tertiary/aromatic N) is 1. The number of nitrogens with two attached hydrogens (primary N) is 1. The highest BCUT2D eigenvalue weighted by molar-refractivity contribution is 7.91. The van der Waals surface area contributed by atoms with Crippen LogP contribution in [0.3, 0.4) is 0 Å². The molecule has 1 unspecified atom stereocenters. The lowest BCUT2D eigenvalue weighted by atomic mass is 10.1. The molecule has 21 heavy (non-hydrogen) atoms. The zero-order valence-electron chi connectivity index (χ0n) is 12.0. The van der Waals surface area contributed by atoms with Gasteiger partial charge in [0.1, 0.15) is 5.82 Å². The van der Waals surface area contributed by atoms with Crippen LogP contribution in [-0.2, 0) is 16.4 Å². The smallest absolute Gasteiger partial charge is 0.151 e. The van der Waals surface area contributed by atoms with Gasteiger partial charge >= 0.3 is 0 Å². The first kappa shape index (κ1) is 16.0. The summed E-state index contributed by atoms with van der Waals surface area (Å²) < 4.78 is 36.6. The molecule has 1 atom stereocenters. The van der Waals surface area contributed by atoms with Crippen LogP contribution in [0.4, 0.5) is 4.39 Å². The minimum absolute atomic E-state index is 0.0265. The van der Waals surface area contributed by atoms with Crippen LogP contribution in [0.15, 0.2) is 18.2 Å². The van der Waals surface area contributed by atoms with Gasteiger partial charge < -0.3 is 5.73 Å². The van der Waals surface area contributed by atoms with E-state index in [1.807, 2.05) is 11.9 Å². The molecule has 6 heteroatoms. The van der Waals surface area contributed by atoms with Gasteiger partial charge in [-0.25, -0.2) is 12.8 Å². The van der Waals surface area contributed by atoms with E-state index >= 15 is 0 Å². The first-order valence-electron chi connectivity index (χ1n) is 6.79. The second-order valence-electron chi connectivity index (χ2n) is 5.29. The zero-order valence-corrected chi connectivity index (χ0v) is 12.8. The van der Waals surface area contributed by atoms with Crippen molar-refractivity contribution < 1.29 is 12.8 Å².